The molecule has 1 saturated heterocycles. The molecule has 0 bridgehead atoms. The molecule has 3 heterocycles. The summed E-state index contributed by atoms with van der Waals surface area (Å²) in [4.78, 5) is 18.9. The number of carbonyl (C=O) groups is 1. The number of aliphatic hydroxyl groups is 1. The summed E-state index contributed by atoms with van der Waals surface area (Å²) in [7, 11) is 1.47. The lowest BCUT2D eigenvalue weighted by Crippen LogP contribution is -2.56. The van der Waals surface area contributed by atoms with Gasteiger partial charge in [-0.3, -0.25) is 4.79 Å². The number of ether oxygens (including phenoxy) is 2. The predicted molar refractivity (Wildman–Crippen MR) is 118 cm³/mol. The summed E-state index contributed by atoms with van der Waals surface area (Å²) in [6.45, 7) is 1.78. The summed E-state index contributed by atoms with van der Waals surface area (Å²) in [6, 6.07) is 6.82. The van der Waals surface area contributed by atoms with Crippen molar-refractivity contribution in [2.45, 2.75) is 43.4 Å². The Balaban J connectivity index is 1.50. The molecular formula is C23H26ClF2N3O4. The number of carbonyl (C=O) groups excluding carboxylic acids is 1. The fourth-order valence-corrected chi connectivity index (χ4v) is 4.41. The number of halogens is 3. The van der Waals surface area contributed by atoms with Crippen LogP contribution in [0.3, 0.4) is 0 Å². The van der Waals surface area contributed by atoms with Crippen LogP contribution in [0.2, 0.25) is 5.02 Å². The molecule has 7 nitrogen and oxygen atoms in total. The first-order chi connectivity index (χ1) is 15.8. The lowest BCUT2D eigenvalue weighted by atomic mass is 10.0. The molecule has 0 spiro atoms. The fourth-order valence-electron chi connectivity index (χ4n) is 4.22. The molecule has 0 aliphatic carbocycles. The first-order valence-electron chi connectivity index (χ1n) is 10.8. The van der Waals surface area contributed by atoms with Gasteiger partial charge in [0.15, 0.2) is 6.10 Å². The second kappa shape index (κ2) is 9.79. The summed E-state index contributed by atoms with van der Waals surface area (Å²) in [5.41, 5.74) is 0.917. The highest BCUT2D eigenvalue weighted by Crippen LogP contribution is 2.37. The highest BCUT2D eigenvalue weighted by atomic mass is 35.5. The molecule has 2 aliphatic rings. The van der Waals surface area contributed by atoms with Gasteiger partial charge in [-0.2, -0.15) is 8.78 Å². The van der Waals surface area contributed by atoms with Crippen molar-refractivity contribution in [1.82, 2.24) is 15.2 Å². The number of pyridine rings is 1. The van der Waals surface area contributed by atoms with Gasteiger partial charge in [0, 0.05) is 35.8 Å². The van der Waals surface area contributed by atoms with Crippen LogP contribution in [-0.4, -0.2) is 65.7 Å². The van der Waals surface area contributed by atoms with Crippen molar-refractivity contribution in [3.63, 3.8) is 0 Å². The molecule has 0 saturated carbocycles. The number of alkyl halides is 2. The highest BCUT2D eigenvalue weighted by Gasteiger charge is 2.52. The zero-order chi connectivity index (χ0) is 23.6. The van der Waals surface area contributed by atoms with Gasteiger partial charge in [-0.1, -0.05) is 11.6 Å². The van der Waals surface area contributed by atoms with E-state index in [1.165, 1.54) is 19.4 Å². The van der Waals surface area contributed by atoms with Gasteiger partial charge in [-0.15, -0.1) is 0 Å². The van der Waals surface area contributed by atoms with Crippen LogP contribution in [0.15, 0.2) is 36.5 Å². The van der Waals surface area contributed by atoms with Crippen molar-refractivity contribution in [2.75, 3.05) is 26.7 Å². The van der Waals surface area contributed by atoms with Gasteiger partial charge >= 0.3 is 5.92 Å². The number of rotatable bonds is 8. The zero-order valence-electron chi connectivity index (χ0n) is 18.1. The summed E-state index contributed by atoms with van der Waals surface area (Å²) >= 11 is 5.94. The van der Waals surface area contributed by atoms with E-state index in [9.17, 15) is 9.90 Å². The minimum Gasteiger partial charge on any atom is -0.483 e. The van der Waals surface area contributed by atoms with Crippen molar-refractivity contribution in [3.05, 3.63) is 52.7 Å². The third-order valence-corrected chi connectivity index (χ3v) is 6.30. The van der Waals surface area contributed by atoms with E-state index in [2.05, 4.69) is 10.3 Å². The Bertz CT molecular complexity index is 986. The molecule has 4 rings (SSSR count). The first-order valence-corrected chi connectivity index (χ1v) is 11.2. The Kier molecular flexibility index (Phi) is 7.02. The Hall–Kier alpha value is -2.49. The molecule has 2 aliphatic heterocycles. The summed E-state index contributed by atoms with van der Waals surface area (Å²) < 4.78 is 40.7. The third kappa shape index (κ3) is 5.20. The molecule has 33 heavy (non-hydrogen) atoms. The molecule has 1 unspecified atom stereocenters. The molecule has 178 valence electrons. The van der Waals surface area contributed by atoms with E-state index in [0.29, 0.717) is 22.0 Å². The van der Waals surface area contributed by atoms with Gasteiger partial charge in [-0.25, -0.2) is 4.98 Å². The highest BCUT2D eigenvalue weighted by molar-refractivity contribution is 6.30. The summed E-state index contributed by atoms with van der Waals surface area (Å²) in [5.74, 6) is -4.66. The molecule has 2 aromatic rings. The minimum atomic E-state index is -3.81. The standard InChI is InChI=1S/C23H26ClF2N3O4/c1-32-20-7-4-14(12-27-20)21(30)17(13-29-8-2-3-9-29)28-22(31)23(25,26)19-11-15-10-16(24)5-6-18(15)33-19/h4-7,10,12,17,19,21,30H,2-3,8-9,11,13H2,1H3,(H,28,31)/t17-,19?,21-/m1/s1. The van der Waals surface area contributed by atoms with Gasteiger partial charge in [0.25, 0.3) is 5.91 Å². The van der Waals surface area contributed by atoms with Crippen LogP contribution in [0.1, 0.15) is 30.1 Å². The number of hydrogen-bond donors (Lipinski definition) is 2. The van der Waals surface area contributed by atoms with Crippen molar-refractivity contribution < 1.29 is 28.2 Å². The number of hydrogen-bond acceptors (Lipinski definition) is 6. The van der Waals surface area contributed by atoms with E-state index < -0.39 is 30.1 Å². The maximum Gasteiger partial charge on any atom is 0.360 e. The number of fused-ring (bicyclic) bond motifs is 1. The lowest BCUT2D eigenvalue weighted by molar-refractivity contribution is -0.160. The monoisotopic (exact) mass is 481 g/mol. The number of aromatic nitrogens is 1. The number of amides is 1. The topological polar surface area (TPSA) is 83.9 Å². The smallest absolute Gasteiger partial charge is 0.360 e. The number of likely N-dealkylation sites (tertiary alicyclic amines) is 1. The average molecular weight is 482 g/mol. The second-order valence-corrected chi connectivity index (χ2v) is 8.79. The molecule has 0 radical (unpaired) electrons. The number of aliphatic hydroxyl groups excluding tert-OH is 1. The molecule has 1 aromatic heterocycles. The van der Waals surface area contributed by atoms with E-state index in [4.69, 9.17) is 21.1 Å². The summed E-state index contributed by atoms with van der Waals surface area (Å²) in [6.07, 6.45) is 0.340. The molecule has 1 aromatic carbocycles. The average Bonchev–Trinajstić information content (AvgIpc) is 3.48. The molecule has 10 heteroatoms. The van der Waals surface area contributed by atoms with Crippen molar-refractivity contribution in [1.29, 1.82) is 0 Å². The summed E-state index contributed by atoms with van der Waals surface area (Å²) in [5, 5.41) is 13.7. The second-order valence-electron chi connectivity index (χ2n) is 8.35. The van der Waals surface area contributed by atoms with Crippen LogP contribution in [-0.2, 0) is 11.2 Å². The van der Waals surface area contributed by atoms with Crippen LogP contribution in [0.5, 0.6) is 11.6 Å². The van der Waals surface area contributed by atoms with E-state index in [0.717, 1.165) is 25.9 Å². The van der Waals surface area contributed by atoms with Gasteiger partial charge < -0.3 is 24.8 Å². The quantitative estimate of drug-likeness (QED) is 0.603. The van der Waals surface area contributed by atoms with E-state index in [1.54, 1.807) is 24.3 Å². The number of methoxy groups -OCH3 is 1. The fraction of sp³-hybridized carbons (Fsp3) is 0.478. The van der Waals surface area contributed by atoms with Crippen molar-refractivity contribution >= 4 is 17.5 Å². The number of benzene rings is 1. The Morgan fingerprint density at radius 1 is 1.36 bits per heavy atom. The van der Waals surface area contributed by atoms with Crippen LogP contribution >= 0.6 is 11.6 Å². The number of nitrogens with zero attached hydrogens (tertiary/aromatic N) is 2. The van der Waals surface area contributed by atoms with Crippen molar-refractivity contribution in [3.8, 4) is 11.6 Å². The lowest BCUT2D eigenvalue weighted by Gasteiger charge is -2.31. The van der Waals surface area contributed by atoms with Crippen LogP contribution in [0, 0.1) is 0 Å². The number of nitrogens with one attached hydrogen (secondary N) is 1. The minimum absolute atomic E-state index is 0.141. The molecule has 1 amide bonds. The Morgan fingerprint density at radius 3 is 2.79 bits per heavy atom. The SMILES string of the molecule is COc1ccc([C@@H](O)[C@@H](CN2CCCC2)NC(=O)C(F)(F)C2Cc3cc(Cl)ccc3O2)cn1. The predicted octanol–water partition coefficient (Wildman–Crippen LogP) is 3.00. The van der Waals surface area contributed by atoms with Crippen LogP contribution in [0.25, 0.3) is 0 Å². The van der Waals surface area contributed by atoms with Gasteiger partial charge in [-0.05, 0) is 55.8 Å². The molecular weight excluding hydrogens is 456 g/mol. The molecule has 3 atom stereocenters. The molecule has 1 fully saturated rings. The first kappa shape index (κ1) is 23.7. The van der Waals surface area contributed by atoms with Crippen molar-refractivity contribution in [2.24, 2.45) is 0 Å². The third-order valence-electron chi connectivity index (χ3n) is 6.07. The van der Waals surface area contributed by atoms with Gasteiger partial charge in [0.1, 0.15) is 11.9 Å². The normalized spacial score (nSPS) is 20.1. The molecule has 2 N–H and O–H groups in total. The van der Waals surface area contributed by atoms with E-state index in [1.807, 2.05) is 4.90 Å². The maximum absolute atomic E-state index is 15.1. The van der Waals surface area contributed by atoms with E-state index in [-0.39, 0.29) is 18.7 Å². The van der Waals surface area contributed by atoms with Crippen LogP contribution < -0.4 is 14.8 Å². The maximum atomic E-state index is 15.1. The zero-order valence-corrected chi connectivity index (χ0v) is 18.9. The van der Waals surface area contributed by atoms with E-state index >= 15 is 8.78 Å². The van der Waals surface area contributed by atoms with Gasteiger partial charge in [0.05, 0.1) is 13.2 Å². The Labute approximate surface area is 195 Å². The Morgan fingerprint density at radius 2 is 2.12 bits per heavy atom. The largest absolute Gasteiger partial charge is 0.483 e. The van der Waals surface area contributed by atoms with Gasteiger partial charge in [0.2, 0.25) is 5.88 Å². The van der Waals surface area contributed by atoms with Crippen LogP contribution in [0.4, 0.5) is 8.78 Å².